The Balaban J connectivity index is 1.61. The number of aromatic nitrogens is 2. The standard InChI is InChI=1S/C17H27N3O3/c1-3-20-15(5-9-18-20)16(21)19-10-7-17(8-11-19)13-14(22-4-2)6-12-23-17/h5,9,14H,3-4,6-8,10-13H2,1-2H3. The minimum absolute atomic E-state index is 0.0800. The summed E-state index contributed by atoms with van der Waals surface area (Å²) in [6.07, 6.45) is 5.71. The molecule has 2 saturated heterocycles. The minimum Gasteiger partial charge on any atom is -0.378 e. The Morgan fingerprint density at radius 2 is 2.22 bits per heavy atom. The lowest BCUT2D eigenvalue weighted by Crippen LogP contribution is -2.52. The molecule has 1 aromatic rings. The molecule has 0 bridgehead atoms. The normalized spacial score (nSPS) is 24.1. The quantitative estimate of drug-likeness (QED) is 0.852. The molecule has 1 unspecified atom stereocenters. The third-order valence-corrected chi connectivity index (χ3v) is 5.05. The molecule has 2 aliphatic heterocycles. The number of hydrogen-bond donors (Lipinski definition) is 0. The summed E-state index contributed by atoms with van der Waals surface area (Å²) >= 11 is 0. The highest BCUT2D eigenvalue weighted by atomic mass is 16.5. The van der Waals surface area contributed by atoms with Crippen LogP contribution in [-0.2, 0) is 16.0 Å². The first-order valence-corrected chi connectivity index (χ1v) is 8.74. The fourth-order valence-corrected chi connectivity index (χ4v) is 3.75. The van der Waals surface area contributed by atoms with Gasteiger partial charge in [-0.1, -0.05) is 0 Å². The van der Waals surface area contributed by atoms with E-state index >= 15 is 0 Å². The number of nitrogens with zero attached hydrogens (tertiary/aromatic N) is 3. The van der Waals surface area contributed by atoms with Gasteiger partial charge >= 0.3 is 0 Å². The highest BCUT2D eigenvalue weighted by Crippen LogP contribution is 2.36. The van der Waals surface area contributed by atoms with Gasteiger partial charge in [0.2, 0.25) is 0 Å². The number of aryl methyl sites for hydroxylation is 1. The van der Waals surface area contributed by atoms with Gasteiger partial charge in [0.15, 0.2) is 0 Å². The first kappa shape index (κ1) is 16.5. The molecule has 0 radical (unpaired) electrons. The van der Waals surface area contributed by atoms with Crippen LogP contribution in [0.3, 0.4) is 0 Å². The van der Waals surface area contributed by atoms with Crippen molar-refractivity contribution in [2.45, 2.75) is 57.8 Å². The first-order valence-electron chi connectivity index (χ1n) is 8.74. The predicted octanol–water partition coefficient (Wildman–Crippen LogP) is 2.09. The average molecular weight is 321 g/mol. The van der Waals surface area contributed by atoms with Crippen molar-refractivity contribution in [3.05, 3.63) is 18.0 Å². The zero-order valence-electron chi connectivity index (χ0n) is 14.2. The van der Waals surface area contributed by atoms with Gasteiger partial charge < -0.3 is 14.4 Å². The molecule has 6 nitrogen and oxygen atoms in total. The number of hydrogen-bond acceptors (Lipinski definition) is 4. The molecule has 6 heteroatoms. The third kappa shape index (κ3) is 3.43. The second-order valence-corrected chi connectivity index (χ2v) is 6.43. The van der Waals surface area contributed by atoms with Crippen LogP contribution in [0.4, 0.5) is 0 Å². The average Bonchev–Trinajstić information content (AvgIpc) is 3.04. The van der Waals surface area contributed by atoms with Gasteiger partial charge in [-0.2, -0.15) is 5.10 Å². The SMILES string of the molecule is CCOC1CCOC2(CCN(C(=O)c3ccnn3CC)CC2)C1. The predicted molar refractivity (Wildman–Crippen MR) is 86.4 cm³/mol. The molecule has 2 aliphatic rings. The summed E-state index contributed by atoms with van der Waals surface area (Å²) in [6, 6.07) is 1.80. The molecule has 0 N–H and O–H groups in total. The Morgan fingerprint density at radius 3 is 2.91 bits per heavy atom. The van der Waals surface area contributed by atoms with E-state index in [-0.39, 0.29) is 11.5 Å². The summed E-state index contributed by atoms with van der Waals surface area (Å²) in [5.74, 6) is 0.0800. The molecule has 0 aromatic carbocycles. The first-order chi connectivity index (χ1) is 11.2. The molecule has 0 saturated carbocycles. The van der Waals surface area contributed by atoms with Gasteiger partial charge in [0.1, 0.15) is 5.69 Å². The Morgan fingerprint density at radius 1 is 1.43 bits per heavy atom. The zero-order valence-corrected chi connectivity index (χ0v) is 14.2. The van der Waals surface area contributed by atoms with Crippen LogP contribution in [0, 0.1) is 0 Å². The van der Waals surface area contributed by atoms with Crippen LogP contribution in [0.2, 0.25) is 0 Å². The highest BCUT2D eigenvalue weighted by molar-refractivity contribution is 5.92. The second-order valence-electron chi connectivity index (χ2n) is 6.43. The maximum Gasteiger partial charge on any atom is 0.272 e. The maximum absolute atomic E-state index is 12.7. The number of ether oxygens (including phenoxy) is 2. The van der Waals surface area contributed by atoms with Gasteiger partial charge in [-0.3, -0.25) is 9.48 Å². The summed E-state index contributed by atoms with van der Waals surface area (Å²) in [5.41, 5.74) is 0.583. The fraction of sp³-hybridized carbons (Fsp3) is 0.765. The molecule has 23 heavy (non-hydrogen) atoms. The lowest BCUT2D eigenvalue weighted by Gasteiger charge is -2.46. The van der Waals surface area contributed by atoms with Gasteiger partial charge in [0, 0.05) is 45.5 Å². The van der Waals surface area contributed by atoms with Gasteiger partial charge in [-0.25, -0.2) is 0 Å². The van der Waals surface area contributed by atoms with Gasteiger partial charge in [-0.05, 0) is 39.2 Å². The number of likely N-dealkylation sites (tertiary alicyclic amines) is 1. The molecule has 0 aliphatic carbocycles. The van der Waals surface area contributed by atoms with E-state index in [1.807, 2.05) is 18.7 Å². The second kappa shape index (κ2) is 7.01. The van der Waals surface area contributed by atoms with Crippen LogP contribution >= 0.6 is 0 Å². The molecule has 1 aromatic heterocycles. The van der Waals surface area contributed by atoms with Gasteiger partial charge in [-0.15, -0.1) is 0 Å². The van der Waals surface area contributed by atoms with E-state index in [4.69, 9.17) is 9.47 Å². The van der Waals surface area contributed by atoms with Crippen molar-refractivity contribution >= 4 is 5.91 Å². The molecule has 128 valence electrons. The van der Waals surface area contributed by atoms with Gasteiger partial charge in [0.25, 0.3) is 5.91 Å². The number of rotatable bonds is 4. The fourth-order valence-electron chi connectivity index (χ4n) is 3.75. The summed E-state index contributed by atoms with van der Waals surface area (Å²) in [6.45, 7) is 7.76. The topological polar surface area (TPSA) is 56.6 Å². The summed E-state index contributed by atoms with van der Waals surface area (Å²) in [4.78, 5) is 14.6. The number of carbonyl (C=O) groups excluding carboxylic acids is 1. The number of piperidine rings is 1. The van der Waals surface area contributed by atoms with E-state index < -0.39 is 0 Å². The molecule has 1 amide bonds. The van der Waals surface area contributed by atoms with E-state index in [2.05, 4.69) is 5.10 Å². The molecule has 2 fully saturated rings. The van der Waals surface area contributed by atoms with Crippen molar-refractivity contribution < 1.29 is 14.3 Å². The molecule has 3 rings (SSSR count). The monoisotopic (exact) mass is 321 g/mol. The van der Waals surface area contributed by atoms with Crippen LogP contribution in [0.1, 0.15) is 50.0 Å². The van der Waals surface area contributed by atoms with Crippen molar-refractivity contribution in [2.75, 3.05) is 26.3 Å². The van der Waals surface area contributed by atoms with Crippen LogP contribution < -0.4 is 0 Å². The van der Waals surface area contributed by atoms with Crippen LogP contribution in [0.5, 0.6) is 0 Å². The van der Waals surface area contributed by atoms with E-state index in [1.54, 1.807) is 16.9 Å². The van der Waals surface area contributed by atoms with E-state index in [1.165, 1.54) is 0 Å². The van der Waals surface area contributed by atoms with Crippen LogP contribution in [-0.4, -0.2) is 58.6 Å². The van der Waals surface area contributed by atoms with Gasteiger partial charge in [0.05, 0.1) is 11.7 Å². The molecule has 3 heterocycles. The van der Waals surface area contributed by atoms with E-state index in [0.29, 0.717) is 18.3 Å². The molecular formula is C17H27N3O3. The summed E-state index contributed by atoms with van der Waals surface area (Å²) in [7, 11) is 0. The van der Waals surface area contributed by atoms with Crippen molar-refractivity contribution in [1.29, 1.82) is 0 Å². The minimum atomic E-state index is -0.0974. The van der Waals surface area contributed by atoms with Crippen molar-refractivity contribution in [3.8, 4) is 0 Å². The summed E-state index contributed by atoms with van der Waals surface area (Å²) in [5, 5.41) is 4.19. The maximum atomic E-state index is 12.7. The number of carbonyl (C=O) groups is 1. The molecule has 1 spiro atoms. The van der Waals surface area contributed by atoms with Crippen LogP contribution in [0.15, 0.2) is 12.3 Å². The molecule has 1 atom stereocenters. The Kier molecular flexibility index (Phi) is 5.02. The van der Waals surface area contributed by atoms with E-state index in [9.17, 15) is 4.79 Å². The molecular weight excluding hydrogens is 294 g/mol. The Bertz CT molecular complexity index is 533. The lowest BCUT2D eigenvalue weighted by atomic mass is 9.83. The van der Waals surface area contributed by atoms with Crippen molar-refractivity contribution in [1.82, 2.24) is 14.7 Å². The van der Waals surface area contributed by atoms with Crippen molar-refractivity contribution in [2.24, 2.45) is 0 Å². The summed E-state index contributed by atoms with van der Waals surface area (Å²) < 4.78 is 13.7. The van der Waals surface area contributed by atoms with Crippen LogP contribution in [0.25, 0.3) is 0 Å². The Hall–Kier alpha value is -1.40. The highest BCUT2D eigenvalue weighted by Gasteiger charge is 2.41. The lowest BCUT2D eigenvalue weighted by molar-refractivity contribution is -0.151. The van der Waals surface area contributed by atoms with Crippen molar-refractivity contribution in [3.63, 3.8) is 0 Å². The Labute approximate surface area is 137 Å². The zero-order chi connectivity index (χ0) is 16.3. The third-order valence-electron chi connectivity index (χ3n) is 5.05. The largest absolute Gasteiger partial charge is 0.378 e. The van der Waals surface area contributed by atoms with E-state index in [0.717, 1.165) is 52.0 Å². The smallest absolute Gasteiger partial charge is 0.272 e. The number of amides is 1.